The van der Waals surface area contributed by atoms with Crippen molar-refractivity contribution in [2.75, 3.05) is 0 Å². The highest BCUT2D eigenvalue weighted by molar-refractivity contribution is 5.80. The molecule has 2 nitrogen and oxygen atoms in total. The number of rotatable bonds is 7. The summed E-state index contributed by atoms with van der Waals surface area (Å²) in [7, 11) is 0. The maximum Gasteiger partial charge on any atom is 0.0937 e. The lowest BCUT2D eigenvalue weighted by Gasteiger charge is -2.06. The van der Waals surface area contributed by atoms with Crippen molar-refractivity contribution < 1.29 is 0 Å². The average molecular weight is 184 g/mol. The van der Waals surface area contributed by atoms with Crippen LogP contribution in [0.2, 0.25) is 0 Å². The first-order valence-electron chi connectivity index (χ1n) is 5.52. The first kappa shape index (κ1) is 12.5. The summed E-state index contributed by atoms with van der Waals surface area (Å²) in [6.07, 6.45) is 7.33. The largest absolute Gasteiger partial charge is 0.387 e. The first-order chi connectivity index (χ1) is 6.20. The third kappa shape index (κ3) is 7.82. The standard InChI is InChI=1S/C11H24N2/c1-4-6-7-8-9-10(3)13-11(12)5-2/h10H,4-9H2,1-3H3,(H2,12,13). The smallest absolute Gasteiger partial charge is 0.0937 e. The van der Waals surface area contributed by atoms with E-state index in [9.17, 15) is 0 Å². The molecule has 0 rings (SSSR count). The molecule has 0 bridgehead atoms. The lowest BCUT2D eigenvalue weighted by molar-refractivity contribution is 0.575. The Morgan fingerprint density at radius 1 is 1.23 bits per heavy atom. The Morgan fingerprint density at radius 2 is 1.92 bits per heavy atom. The van der Waals surface area contributed by atoms with Crippen LogP contribution in [0.15, 0.2) is 4.99 Å². The Bertz CT molecular complexity index is 141. The second-order valence-corrected chi connectivity index (χ2v) is 3.67. The highest BCUT2D eigenvalue weighted by Gasteiger charge is 1.99. The van der Waals surface area contributed by atoms with E-state index >= 15 is 0 Å². The topological polar surface area (TPSA) is 38.4 Å². The van der Waals surface area contributed by atoms with Gasteiger partial charge >= 0.3 is 0 Å². The lowest BCUT2D eigenvalue weighted by atomic mass is 10.1. The van der Waals surface area contributed by atoms with Crippen LogP contribution in [-0.4, -0.2) is 11.9 Å². The van der Waals surface area contributed by atoms with E-state index in [0.717, 1.165) is 12.3 Å². The van der Waals surface area contributed by atoms with Gasteiger partial charge in [0.15, 0.2) is 0 Å². The van der Waals surface area contributed by atoms with E-state index in [1.54, 1.807) is 0 Å². The summed E-state index contributed by atoms with van der Waals surface area (Å²) in [6.45, 7) is 6.42. The summed E-state index contributed by atoms with van der Waals surface area (Å²) in [5, 5.41) is 0. The number of nitrogens with two attached hydrogens (primary N) is 1. The Balaban J connectivity index is 3.45. The van der Waals surface area contributed by atoms with E-state index in [0.29, 0.717) is 6.04 Å². The van der Waals surface area contributed by atoms with Crippen LogP contribution in [0.5, 0.6) is 0 Å². The number of amidine groups is 1. The minimum atomic E-state index is 0.414. The molecular formula is C11H24N2. The minimum absolute atomic E-state index is 0.414. The fourth-order valence-corrected chi connectivity index (χ4v) is 1.31. The number of aliphatic imine (C=N–C) groups is 1. The van der Waals surface area contributed by atoms with Crippen molar-refractivity contribution in [2.45, 2.75) is 65.3 Å². The van der Waals surface area contributed by atoms with Gasteiger partial charge in [-0.2, -0.15) is 0 Å². The van der Waals surface area contributed by atoms with E-state index in [2.05, 4.69) is 18.8 Å². The van der Waals surface area contributed by atoms with Crippen LogP contribution in [0.25, 0.3) is 0 Å². The van der Waals surface area contributed by atoms with Crippen LogP contribution in [0.1, 0.15) is 59.3 Å². The van der Waals surface area contributed by atoms with Gasteiger partial charge < -0.3 is 5.73 Å². The maximum absolute atomic E-state index is 5.65. The normalized spacial score (nSPS) is 14.5. The van der Waals surface area contributed by atoms with Gasteiger partial charge in [0, 0.05) is 12.5 Å². The molecule has 78 valence electrons. The zero-order valence-electron chi connectivity index (χ0n) is 9.34. The third-order valence-corrected chi connectivity index (χ3v) is 2.22. The van der Waals surface area contributed by atoms with Gasteiger partial charge in [-0.1, -0.05) is 39.5 Å². The molecule has 2 N–H and O–H groups in total. The van der Waals surface area contributed by atoms with Crippen molar-refractivity contribution in [2.24, 2.45) is 10.7 Å². The van der Waals surface area contributed by atoms with E-state index in [4.69, 9.17) is 5.73 Å². The molecule has 0 radical (unpaired) electrons. The Hall–Kier alpha value is -0.530. The summed E-state index contributed by atoms with van der Waals surface area (Å²) in [5.74, 6) is 0.794. The van der Waals surface area contributed by atoms with Crippen molar-refractivity contribution >= 4 is 5.84 Å². The first-order valence-corrected chi connectivity index (χ1v) is 5.52. The van der Waals surface area contributed by atoms with Crippen molar-refractivity contribution in [1.29, 1.82) is 0 Å². The van der Waals surface area contributed by atoms with Crippen LogP contribution in [0.4, 0.5) is 0 Å². The molecule has 13 heavy (non-hydrogen) atoms. The Labute approximate surface area is 82.6 Å². The third-order valence-electron chi connectivity index (χ3n) is 2.22. The molecule has 0 aliphatic carbocycles. The summed E-state index contributed by atoms with van der Waals surface area (Å²) in [6, 6.07) is 0.414. The van der Waals surface area contributed by atoms with Gasteiger partial charge in [-0.25, -0.2) is 0 Å². The van der Waals surface area contributed by atoms with E-state index in [1.807, 2.05) is 6.92 Å². The van der Waals surface area contributed by atoms with Crippen molar-refractivity contribution in [3.8, 4) is 0 Å². The highest BCUT2D eigenvalue weighted by atomic mass is 14.9. The Kier molecular flexibility index (Phi) is 7.76. The van der Waals surface area contributed by atoms with Gasteiger partial charge in [0.2, 0.25) is 0 Å². The van der Waals surface area contributed by atoms with Gasteiger partial charge in [0.25, 0.3) is 0 Å². The van der Waals surface area contributed by atoms with Gasteiger partial charge in [0.05, 0.1) is 5.84 Å². The fraction of sp³-hybridized carbons (Fsp3) is 0.909. The average Bonchev–Trinajstić information content (AvgIpc) is 2.12. The zero-order valence-corrected chi connectivity index (χ0v) is 9.34. The Morgan fingerprint density at radius 3 is 2.46 bits per heavy atom. The van der Waals surface area contributed by atoms with Gasteiger partial charge in [-0.3, -0.25) is 4.99 Å². The fourth-order valence-electron chi connectivity index (χ4n) is 1.31. The van der Waals surface area contributed by atoms with Crippen molar-refractivity contribution in [3.05, 3.63) is 0 Å². The molecule has 0 aliphatic rings. The molecule has 0 aromatic carbocycles. The van der Waals surface area contributed by atoms with E-state index < -0.39 is 0 Å². The second kappa shape index (κ2) is 8.09. The number of nitrogens with zero attached hydrogens (tertiary/aromatic N) is 1. The second-order valence-electron chi connectivity index (χ2n) is 3.67. The van der Waals surface area contributed by atoms with Gasteiger partial charge in [0.1, 0.15) is 0 Å². The van der Waals surface area contributed by atoms with Crippen molar-refractivity contribution in [3.63, 3.8) is 0 Å². The predicted molar refractivity (Wildman–Crippen MR) is 60.1 cm³/mol. The molecule has 0 heterocycles. The van der Waals surface area contributed by atoms with Gasteiger partial charge in [-0.15, -0.1) is 0 Å². The van der Waals surface area contributed by atoms with Crippen LogP contribution in [0.3, 0.4) is 0 Å². The molecule has 0 saturated carbocycles. The summed E-state index contributed by atoms with van der Waals surface area (Å²) < 4.78 is 0. The molecule has 0 aromatic rings. The van der Waals surface area contributed by atoms with Crippen LogP contribution in [0, 0.1) is 0 Å². The summed E-state index contributed by atoms with van der Waals surface area (Å²) in [5.41, 5.74) is 5.65. The zero-order chi connectivity index (χ0) is 10.1. The van der Waals surface area contributed by atoms with E-state index in [1.165, 1.54) is 32.1 Å². The quantitative estimate of drug-likeness (QED) is 0.368. The van der Waals surface area contributed by atoms with Crippen LogP contribution in [-0.2, 0) is 0 Å². The maximum atomic E-state index is 5.65. The summed E-state index contributed by atoms with van der Waals surface area (Å²) >= 11 is 0. The number of hydrogen-bond acceptors (Lipinski definition) is 1. The molecule has 0 spiro atoms. The summed E-state index contributed by atoms with van der Waals surface area (Å²) in [4.78, 5) is 4.39. The molecule has 0 aliphatic heterocycles. The van der Waals surface area contributed by atoms with E-state index in [-0.39, 0.29) is 0 Å². The molecule has 1 atom stereocenters. The van der Waals surface area contributed by atoms with Crippen LogP contribution >= 0.6 is 0 Å². The SMILES string of the molecule is CCCCCCC(C)N=C(N)CC. The minimum Gasteiger partial charge on any atom is -0.387 e. The molecule has 0 amide bonds. The number of hydrogen-bond donors (Lipinski definition) is 1. The predicted octanol–water partition coefficient (Wildman–Crippen LogP) is 3.11. The molecule has 0 fully saturated rings. The molecular weight excluding hydrogens is 160 g/mol. The monoisotopic (exact) mass is 184 g/mol. The van der Waals surface area contributed by atoms with Gasteiger partial charge in [-0.05, 0) is 13.3 Å². The molecule has 0 saturated heterocycles. The molecule has 2 heteroatoms. The van der Waals surface area contributed by atoms with Crippen LogP contribution < -0.4 is 5.73 Å². The number of unbranched alkanes of at least 4 members (excludes halogenated alkanes) is 3. The lowest BCUT2D eigenvalue weighted by Crippen LogP contribution is -2.13. The highest BCUT2D eigenvalue weighted by Crippen LogP contribution is 2.07. The molecule has 1 unspecified atom stereocenters. The van der Waals surface area contributed by atoms with Crippen molar-refractivity contribution in [1.82, 2.24) is 0 Å². The molecule has 0 aromatic heterocycles.